The predicted octanol–water partition coefficient (Wildman–Crippen LogP) is 4.72. The minimum atomic E-state index is -0.506. The number of hydrogen-bond acceptors (Lipinski definition) is 9. The number of nitrogens with one attached hydrogen (secondary N) is 1. The summed E-state index contributed by atoms with van der Waals surface area (Å²) in [5.41, 5.74) is -0.453. The van der Waals surface area contributed by atoms with Crippen LogP contribution in [-0.4, -0.2) is 29.2 Å². The molecule has 10 heteroatoms. The fourth-order valence-electron chi connectivity index (χ4n) is 3.45. The Bertz CT molecular complexity index is 990. The van der Waals surface area contributed by atoms with E-state index in [1.165, 1.54) is 30.2 Å². The first-order valence-corrected chi connectivity index (χ1v) is 11.8. The number of carbonyl (C=O) groups is 2. The van der Waals surface area contributed by atoms with Crippen molar-refractivity contribution in [2.24, 2.45) is 0 Å². The maximum absolute atomic E-state index is 13.1. The van der Waals surface area contributed by atoms with E-state index >= 15 is 0 Å². The van der Waals surface area contributed by atoms with Crippen LogP contribution >= 0.6 is 34.4 Å². The van der Waals surface area contributed by atoms with Gasteiger partial charge in [-0.25, -0.2) is 4.79 Å². The Kier molecular flexibility index (Phi) is 6.02. The molecule has 0 aliphatic heterocycles. The molecule has 1 amide bonds. The fourth-order valence-corrected chi connectivity index (χ4v) is 6.07. The summed E-state index contributed by atoms with van der Waals surface area (Å²) < 4.78 is 10.8. The number of rotatable bonds is 7. The molecule has 29 heavy (non-hydrogen) atoms. The summed E-state index contributed by atoms with van der Waals surface area (Å²) in [5.74, 6) is 0.800. The van der Waals surface area contributed by atoms with Gasteiger partial charge in [0.1, 0.15) is 5.76 Å². The number of thioether (sulfide) groups is 1. The number of esters is 1. The van der Waals surface area contributed by atoms with Crippen molar-refractivity contribution >= 4 is 51.4 Å². The molecule has 3 aromatic rings. The van der Waals surface area contributed by atoms with E-state index in [2.05, 4.69) is 20.3 Å². The number of thiophene rings is 1. The second kappa shape index (κ2) is 8.68. The zero-order valence-electron chi connectivity index (χ0n) is 15.7. The number of nitrogens with zero attached hydrogens (tertiary/aromatic N) is 2. The molecule has 0 aromatic carbocycles. The Hall–Kier alpha value is -2.17. The second-order valence-electron chi connectivity index (χ2n) is 6.64. The molecule has 0 bridgehead atoms. The molecule has 1 saturated carbocycles. The SMILES string of the molecule is COC(=O)c1ccc(CSc2nnc(NC(=O)C3(c4cccs4)CCCC3)s2)o1. The average Bonchev–Trinajstić information content (AvgIpc) is 3.52. The Morgan fingerprint density at radius 2 is 2.10 bits per heavy atom. The third kappa shape index (κ3) is 4.24. The molecular weight excluding hydrogens is 430 g/mol. The lowest BCUT2D eigenvalue weighted by Crippen LogP contribution is -2.37. The molecule has 1 aliphatic rings. The van der Waals surface area contributed by atoms with Crippen molar-refractivity contribution in [3.05, 3.63) is 46.0 Å². The van der Waals surface area contributed by atoms with E-state index in [4.69, 9.17) is 4.42 Å². The summed E-state index contributed by atoms with van der Waals surface area (Å²) in [6.45, 7) is 0. The van der Waals surface area contributed by atoms with Gasteiger partial charge in [-0.15, -0.1) is 21.5 Å². The van der Waals surface area contributed by atoms with Gasteiger partial charge in [-0.1, -0.05) is 42.0 Å². The Balaban J connectivity index is 1.38. The van der Waals surface area contributed by atoms with Gasteiger partial charge in [-0.3, -0.25) is 10.1 Å². The lowest BCUT2D eigenvalue weighted by Gasteiger charge is -2.25. The van der Waals surface area contributed by atoms with Gasteiger partial charge in [0, 0.05) is 4.88 Å². The molecule has 0 unspecified atom stereocenters. The van der Waals surface area contributed by atoms with Crippen LogP contribution in [0.3, 0.4) is 0 Å². The zero-order chi connectivity index (χ0) is 20.3. The maximum atomic E-state index is 13.1. The van der Waals surface area contributed by atoms with Crippen LogP contribution in [0.25, 0.3) is 0 Å². The van der Waals surface area contributed by atoms with Crippen LogP contribution in [0, 0.1) is 0 Å². The normalized spacial score (nSPS) is 15.3. The number of aromatic nitrogens is 2. The average molecular weight is 450 g/mol. The molecule has 152 valence electrons. The van der Waals surface area contributed by atoms with Gasteiger partial charge in [-0.05, 0) is 36.4 Å². The largest absolute Gasteiger partial charge is 0.463 e. The number of amides is 1. The molecule has 0 saturated heterocycles. The molecule has 7 nitrogen and oxygen atoms in total. The van der Waals surface area contributed by atoms with Gasteiger partial charge in [-0.2, -0.15) is 0 Å². The first-order chi connectivity index (χ1) is 14.1. The predicted molar refractivity (Wildman–Crippen MR) is 113 cm³/mol. The first kappa shape index (κ1) is 20.1. The number of furan rings is 1. The number of methoxy groups -OCH3 is 1. The Morgan fingerprint density at radius 1 is 1.28 bits per heavy atom. The monoisotopic (exact) mass is 449 g/mol. The molecular formula is C19H19N3O4S3. The van der Waals surface area contributed by atoms with Crippen LogP contribution < -0.4 is 5.32 Å². The van der Waals surface area contributed by atoms with Crippen molar-refractivity contribution in [3.63, 3.8) is 0 Å². The number of ether oxygens (including phenoxy) is 1. The van der Waals surface area contributed by atoms with E-state index in [1.807, 2.05) is 17.5 Å². The van der Waals surface area contributed by atoms with Gasteiger partial charge in [0.25, 0.3) is 0 Å². The molecule has 4 rings (SSSR count). The van der Waals surface area contributed by atoms with Crippen molar-refractivity contribution in [2.45, 2.75) is 41.2 Å². The van der Waals surface area contributed by atoms with E-state index in [1.54, 1.807) is 23.5 Å². The molecule has 3 aromatic heterocycles. The van der Waals surface area contributed by atoms with Crippen molar-refractivity contribution < 1.29 is 18.7 Å². The van der Waals surface area contributed by atoms with E-state index in [-0.39, 0.29) is 11.7 Å². The van der Waals surface area contributed by atoms with E-state index < -0.39 is 11.4 Å². The first-order valence-electron chi connectivity index (χ1n) is 9.09. The van der Waals surface area contributed by atoms with Crippen molar-refractivity contribution in [2.75, 3.05) is 12.4 Å². The summed E-state index contributed by atoms with van der Waals surface area (Å²) in [4.78, 5) is 25.6. The highest BCUT2D eigenvalue weighted by atomic mass is 32.2. The van der Waals surface area contributed by atoms with E-state index in [0.29, 0.717) is 21.0 Å². The van der Waals surface area contributed by atoms with Gasteiger partial charge in [0.05, 0.1) is 18.3 Å². The number of anilines is 1. The van der Waals surface area contributed by atoms with E-state index in [0.717, 1.165) is 30.6 Å². The highest BCUT2D eigenvalue weighted by Gasteiger charge is 2.43. The molecule has 0 radical (unpaired) electrons. The van der Waals surface area contributed by atoms with Crippen LogP contribution in [0.1, 0.15) is 46.9 Å². The van der Waals surface area contributed by atoms with Gasteiger partial charge < -0.3 is 9.15 Å². The third-order valence-electron chi connectivity index (χ3n) is 4.90. The second-order valence-corrected chi connectivity index (χ2v) is 9.79. The molecule has 1 fully saturated rings. The topological polar surface area (TPSA) is 94.3 Å². The Labute approximate surface area is 179 Å². The Morgan fingerprint density at radius 3 is 2.83 bits per heavy atom. The summed E-state index contributed by atoms with van der Waals surface area (Å²) in [6, 6.07) is 7.35. The lowest BCUT2D eigenvalue weighted by atomic mass is 9.83. The van der Waals surface area contributed by atoms with Gasteiger partial charge in [0.2, 0.25) is 16.8 Å². The highest BCUT2D eigenvalue weighted by molar-refractivity contribution is 8.00. The third-order valence-corrected chi connectivity index (χ3v) is 7.97. The molecule has 1 N–H and O–H groups in total. The standard InChI is InChI=1S/C19H19N3O4S3/c1-25-15(23)13-7-6-12(26-13)11-28-18-22-21-17(29-18)20-16(24)19(8-2-3-9-19)14-5-4-10-27-14/h4-7,10H,2-3,8-9,11H2,1H3,(H,20,21,24). The van der Waals surface area contributed by atoms with Crippen LogP contribution in [0.2, 0.25) is 0 Å². The van der Waals surface area contributed by atoms with Gasteiger partial charge in [0.15, 0.2) is 4.34 Å². The lowest BCUT2D eigenvalue weighted by molar-refractivity contribution is -0.121. The smallest absolute Gasteiger partial charge is 0.373 e. The van der Waals surface area contributed by atoms with Crippen LogP contribution in [-0.2, 0) is 20.7 Å². The molecule has 3 heterocycles. The molecule has 1 aliphatic carbocycles. The summed E-state index contributed by atoms with van der Waals surface area (Å²) in [7, 11) is 1.31. The quantitative estimate of drug-likeness (QED) is 0.317. The zero-order valence-corrected chi connectivity index (χ0v) is 18.1. The van der Waals surface area contributed by atoms with Crippen molar-refractivity contribution in [1.29, 1.82) is 0 Å². The summed E-state index contributed by atoms with van der Waals surface area (Å²) >= 11 is 4.40. The summed E-state index contributed by atoms with van der Waals surface area (Å²) in [5, 5.41) is 13.7. The van der Waals surface area contributed by atoms with Gasteiger partial charge >= 0.3 is 5.97 Å². The molecule has 0 atom stereocenters. The highest BCUT2D eigenvalue weighted by Crippen LogP contribution is 2.44. The molecule has 0 spiro atoms. The van der Waals surface area contributed by atoms with Crippen molar-refractivity contribution in [3.8, 4) is 0 Å². The van der Waals surface area contributed by atoms with Crippen molar-refractivity contribution in [1.82, 2.24) is 10.2 Å². The number of carbonyl (C=O) groups excluding carboxylic acids is 2. The summed E-state index contributed by atoms with van der Waals surface area (Å²) in [6.07, 6.45) is 3.83. The maximum Gasteiger partial charge on any atom is 0.373 e. The minimum Gasteiger partial charge on any atom is -0.463 e. The van der Waals surface area contributed by atoms with Crippen LogP contribution in [0.5, 0.6) is 0 Å². The van der Waals surface area contributed by atoms with Crippen LogP contribution in [0.15, 0.2) is 38.4 Å². The fraction of sp³-hybridized carbons (Fsp3) is 0.368. The number of hydrogen-bond donors (Lipinski definition) is 1. The van der Waals surface area contributed by atoms with Crippen LogP contribution in [0.4, 0.5) is 5.13 Å². The van der Waals surface area contributed by atoms with E-state index in [9.17, 15) is 9.59 Å². The minimum absolute atomic E-state index is 0.00101.